The first-order valence-electron chi connectivity index (χ1n) is 8.96. The van der Waals surface area contributed by atoms with Crippen LogP contribution in [0.5, 0.6) is 0 Å². The Morgan fingerprint density at radius 1 is 0.964 bits per heavy atom. The Kier molecular flexibility index (Phi) is 5.75. The van der Waals surface area contributed by atoms with Crippen molar-refractivity contribution < 1.29 is 9.59 Å². The molecule has 0 unspecified atom stereocenters. The highest BCUT2D eigenvalue weighted by Gasteiger charge is 2.25. The summed E-state index contributed by atoms with van der Waals surface area (Å²) in [6.07, 6.45) is 2.39. The third-order valence-corrected chi connectivity index (χ3v) is 6.98. The van der Waals surface area contributed by atoms with Crippen LogP contribution in [0.15, 0.2) is 48.0 Å². The van der Waals surface area contributed by atoms with Crippen LogP contribution in [0, 0.1) is 0 Å². The number of carbonyl (C=O) groups excluding carboxylic acids is 2. The molecule has 1 aromatic carbocycles. The van der Waals surface area contributed by atoms with Crippen LogP contribution in [0.2, 0.25) is 5.02 Å². The van der Waals surface area contributed by atoms with Crippen molar-refractivity contribution >= 4 is 46.1 Å². The number of thiazole rings is 1. The van der Waals surface area contributed by atoms with Crippen molar-refractivity contribution in [2.45, 2.75) is 6.42 Å². The highest BCUT2D eigenvalue weighted by Crippen LogP contribution is 2.29. The normalized spacial score (nSPS) is 14.8. The van der Waals surface area contributed by atoms with Gasteiger partial charge in [0.2, 0.25) is 0 Å². The molecule has 2 amide bonds. The summed E-state index contributed by atoms with van der Waals surface area (Å²) >= 11 is 9.19. The Labute approximate surface area is 176 Å². The second-order valence-corrected chi connectivity index (χ2v) is 8.81. The number of amides is 2. The van der Waals surface area contributed by atoms with E-state index in [2.05, 4.69) is 4.98 Å². The smallest absolute Gasteiger partial charge is 0.265 e. The van der Waals surface area contributed by atoms with Crippen LogP contribution in [0.25, 0.3) is 9.88 Å². The average molecular weight is 432 g/mol. The summed E-state index contributed by atoms with van der Waals surface area (Å²) in [6.45, 7) is 2.22. The van der Waals surface area contributed by atoms with Crippen LogP contribution in [-0.4, -0.2) is 52.8 Å². The fraction of sp³-hybridized carbons (Fsp3) is 0.250. The Morgan fingerprint density at radius 2 is 1.71 bits per heavy atom. The lowest BCUT2D eigenvalue weighted by Gasteiger charge is -2.22. The van der Waals surface area contributed by atoms with Gasteiger partial charge in [-0.25, -0.2) is 4.98 Å². The lowest BCUT2D eigenvalue weighted by Crippen LogP contribution is -2.37. The fourth-order valence-corrected chi connectivity index (χ4v) is 5.08. The summed E-state index contributed by atoms with van der Waals surface area (Å²) in [4.78, 5) is 35.4. The van der Waals surface area contributed by atoms with Crippen LogP contribution < -0.4 is 0 Å². The largest absolute Gasteiger partial charge is 0.337 e. The number of nitrogens with zero attached hydrogens (tertiary/aromatic N) is 3. The van der Waals surface area contributed by atoms with Gasteiger partial charge in [0.25, 0.3) is 11.8 Å². The molecule has 0 aliphatic carbocycles. The van der Waals surface area contributed by atoms with E-state index in [0.717, 1.165) is 16.3 Å². The fourth-order valence-electron chi connectivity index (χ4n) is 3.17. The first kappa shape index (κ1) is 19.1. The molecule has 0 spiro atoms. The number of rotatable bonds is 3. The van der Waals surface area contributed by atoms with Gasteiger partial charge in [-0.1, -0.05) is 29.8 Å². The minimum Gasteiger partial charge on any atom is -0.337 e. The molecule has 1 fully saturated rings. The predicted octanol–water partition coefficient (Wildman–Crippen LogP) is 4.51. The minimum absolute atomic E-state index is 0.0210. The lowest BCUT2D eigenvalue weighted by atomic mass is 10.2. The Balaban J connectivity index is 1.43. The molecule has 1 aliphatic heterocycles. The van der Waals surface area contributed by atoms with Gasteiger partial charge in [-0.2, -0.15) is 0 Å². The molecule has 1 saturated heterocycles. The van der Waals surface area contributed by atoms with Gasteiger partial charge in [-0.3, -0.25) is 9.59 Å². The van der Waals surface area contributed by atoms with Crippen LogP contribution in [-0.2, 0) is 0 Å². The Morgan fingerprint density at radius 3 is 2.43 bits per heavy atom. The maximum Gasteiger partial charge on any atom is 0.265 e. The van der Waals surface area contributed by atoms with E-state index >= 15 is 0 Å². The number of hydrogen-bond acceptors (Lipinski definition) is 5. The SMILES string of the molecule is O=C(c1cnc(-c2cccs2)s1)N1CCCN(C(=O)c2ccccc2Cl)CC1. The predicted molar refractivity (Wildman–Crippen MR) is 113 cm³/mol. The molecule has 3 heterocycles. The zero-order valence-corrected chi connectivity index (χ0v) is 17.4. The standard InChI is InChI=1S/C20H18ClN3O2S2/c21-15-6-2-1-5-14(15)19(25)23-8-4-9-24(11-10-23)20(26)17-13-22-18(28-17)16-7-3-12-27-16/h1-3,5-7,12-13H,4,8-11H2. The van der Waals surface area contributed by atoms with E-state index in [-0.39, 0.29) is 11.8 Å². The Bertz CT molecular complexity index is 987. The first-order chi connectivity index (χ1) is 13.6. The third kappa shape index (κ3) is 3.97. The highest BCUT2D eigenvalue weighted by molar-refractivity contribution is 7.21. The summed E-state index contributed by atoms with van der Waals surface area (Å²) in [5.74, 6) is -0.106. The van der Waals surface area contributed by atoms with Crippen molar-refractivity contribution in [3.63, 3.8) is 0 Å². The van der Waals surface area contributed by atoms with Crippen molar-refractivity contribution in [1.29, 1.82) is 0 Å². The van der Waals surface area contributed by atoms with Gasteiger partial charge in [0.1, 0.15) is 9.88 Å². The van der Waals surface area contributed by atoms with E-state index in [1.807, 2.05) is 28.5 Å². The molecular formula is C20H18ClN3O2S2. The monoisotopic (exact) mass is 431 g/mol. The van der Waals surface area contributed by atoms with Gasteiger partial charge in [0.15, 0.2) is 0 Å². The van der Waals surface area contributed by atoms with Crippen molar-refractivity contribution in [2.75, 3.05) is 26.2 Å². The summed E-state index contributed by atoms with van der Waals surface area (Å²) in [5.41, 5.74) is 0.506. The number of aromatic nitrogens is 1. The summed E-state index contributed by atoms with van der Waals surface area (Å²) < 4.78 is 0. The van der Waals surface area contributed by atoms with Gasteiger partial charge < -0.3 is 9.80 Å². The van der Waals surface area contributed by atoms with Gasteiger partial charge in [0, 0.05) is 26.2 Å². The molecule has 0 atom stereocenters. The molecular weight excluding hydrogens is 414 g/mol. The van der Waals surface area contributed by atoms with Crippen molar-refractivity contribution in [3.8, 4) is 9.88 Å². The molecule has 144 valence electrons. The number of carbonyl (C=O) groups is 2. The molecule has 8 heteroatoms. The van der Waals surface area contributed by atoms with Crippen LogP contribution in [0.1, 0.15) is 26.5 Å². The highest BCUT2D eigenvalue weighted by atomic mass is 35.5. The maximum absolute atomic E-state index is 12.9. The van der Waals surface area contributed by atoms with Crippen molar-refractivity contribution in [1.82, 2.24) is 14.8 Å². The molecule has 0 radical (unpaired) electrons. The second kappa shape index (κ2) is 8.43. The lowest BCUT2D eigenvalue weighted by molar-refractivity contribution is 0.0721. The van der Waals surface area contributed by atoms with E-state index in [1.54, 1.807) is 40.6 Å². The molecule has 5 nitrogen and oxygen atoms in total. The first-order valence-corrected chi connectivity index (χ1v) is 11.0. The van der Waals surface area contributed by atoms with Gasteiger partial charge in [-0.15, -0.1) is 22.7 Å². The quantitative estimate of drug-likeness (QED) is 0.612. The summed E-state index contributed by atoms with van der Waals surface area (Å²) in [6, 6.07) is 11.0. The van der Waals surface area contributed by atoms with Crippen LogP contribution in [0.3, 0.4) is 0 Å². The molecule has 2 aromatic heterocycles. The molecule has 0 saturated carbocycles. The topological polar surface area (TPSA) is 53.5 Å². The van der Waals surface area contributed by atoms with Gasteiger partial charge >= 0.3 is 0 Å². The van der Waals surface area contributed by atoms with Gasteiger partial charge in [0.05, 0.1) is 21.7 Å². The minimum atomic E-state index is -0.0855. The van der Waals surface area contributed by atoms with E-state index in [4.69, 9.17) is 11.6 Å². The molecule has 0 N–H and O–H groups in total. The molecule has 28 heavy (non-hydrogen) atoms. The average Bonchev–Trinajstić information content (AvgIpc) is 3.35. The number of benzene rings is 1. The molecule has 4 rings (SSSR count). The van der Waals surface area contributed by atoms with Gasteiger partial charge in [-0.05, 0) is 30.0 Å². The number of thiophene rings is 1. The van der Waals surface area contributed by atoms with E-state index in [0.29, 0.717) is 41.6 Å². The summed E-state index contributed by atoms with van der Waals surface area (Å²) in [7, 11) is 0. The van der Waals surface area contributed by atoms with Crippen LogP contribution >= 0.6 is 34.3 Å². The van der Waals surface area contributed by atoms with E-state index in [1.165, 1.54) is 11.3 Å². The van der Waals surface area contributed by atoms with E-state index in [9.17, 15) is 9.59 Å². The van der Waals surface area contributed by atoms with E-state index < -0.39 is 0 Å². The zero-order valence-electron chi connectivity index (χ0n) is 15.0. The van der Waals surface area contributed by atoms with Crippen LogP contribution in [0.4, 0.5) is 0 Å². The second-order valence-electron chi connectivity index (χ2n) is 6.42. The Hall–Kier alpha value is -2.22. The molecule has 1 aliphatic rings. The van der Waals surface area contributed by atoms with Crippen molar-refractivity contribution in [2.24, 2.45) is 0 Å². The molecule has 0 bridgehead atoms. The maximum atomic E-state index is 12.9. The third-order valence-electron chi connectivity index (χ3n) is 4.62. The summed E-state index contributed by atoms with van der Waals surface area (Å²) in [5, 5.41) is 3.32. The number of hydrogen-bond donors (Lipinski definition) is 0. The number of halogens is 1. The van der Waals surface area contributed by atoms with Crippen molar-refractivity contribution in [3.05, 3.63) is 63.4 Å². The molecule has 3 aromatic rings. The zero-order chi connectivity index (χ0) is 19.5.